The molecule has 1 aliphatic rings. The first kappa shape index (κ1) is 20.5. The lowest BCUT2D eigenvalue weighted by molar-refractivity contribution is -0.140. The molecule has 0 atom stereocenters. The van der Waals surface area contributed by atoms with Crippen molar-refractivity contribution < 1.29 is 26.7 Å². The predicted octanol–water partition coefficient (Wildman–Crippen LogP) is 5.25. The van der Waals surface area contributed by atoms with Gasteiger partial charge in [-0.15, -0.1) is 0 Å². The Morgan fingerprint density at radius 2 is 1.54 bits per heavy atom. The van der Waals surface area contributed by atoms with Crippen LogP contribution >= 0.6 is 15.9 Å². The number of hydrogen-bond donors (Lipinski definition) is 1. The number of nitrogens with one attached hydrogen (secondary N) is 1. The molecule has 0 spiro atoms. The molecule has 0 saturated carbocycles. The third-order valence-electron chi connectivity index (χ3n) is 4.69. The maximum atomic E-state index is 14.0. The summed E-state index contributed by atoms with van der Waals surface area (Å²) in [6, 6.07) is 7.56. The molecule has 2 aromatic rings. The largest absolute Gasteiger partial charge is 0.405 e. The van der Waals surface area contributed by atoms with Gasteiger partial charge in [0.1, 0.15) is 23.6 Å². The molecule has 2 aromatic carbocycles. The molecule has 0 heterocycles. The van der Waals surface area contributed by atoms with Gasteiger partial charge in [0.25, 0.3) is 0 Å². The van der Waals surface area contributed by atoms with Crippen LogP contribution < -0.4 is 5.32 Å². The molecular formula is C20H15BrF5NO. The zero-order valence-electron chi connectivity index (χ0n) is 14.4. The van der Waals surface area contributed by atoms with Gasteiger partial charge in [-0.3, -0.25) is 4.79 Å². The summed E-state index contributed by atoms with van der Waals surface area (Å²) in [6.45, 7) is -1.54. The Morgan fingerprint density at radius 1 is 1.00 bits per heavy atom. The average molecular weight is 460 g/mol. The first-order valence-electron chi connectivity index (χ1n) is 8.35. The number of carbonyl (C=O) groups excluding carboxylic acids is 1. The minimum absolute atomic E-state index is 0.0464. The minimum atomic E-state index is -4.61. The molecule has 0 aromatic heterocycles. The molecular weight excluding hydrogens is 445 g/mol. The number of halogens is 6. The van der Waals surface area contributed by atoms with Crippen LogP contribution in [0.15, 0.2) is 48.6 Å². The van der Waals surface area contributed by atoms with Crippen molar-refractivity contribution in [2.75, 3.05) is 11.9 Å². The predicted molar refractivity (Wildman–Crippen MR) is 99.2 cm³/mol. The van der Waals surface area contributed by atoms with Gasteiger partial charge in [0.05, 0.1) is 0 Å². The number of amides is 1. The first-order valence-corrected chi connectivity index (χ1v) is 9.47. The fourth-order valence-electron chi connectivity index (χ4n) is 3.57. The second kappa shape index (κ2) is 7.66. The Bertz CT molecular complexity index is 887. The number of allylic oxidation sites excluding steroid dienone is 2. The molecule has 1 N–H and O–H groups in total. The van der Waals surface area contributed by atoms with Crippen molar-refractivity contribution in [1.29, 1.82) is 0 Å². The highest BCUT2D eigenvalue weighted by atomic mass is 79.9. The summed E-state index contributed by atoms with van der Waals surface area (Å²) in [4.78, 5) is 13.1. The summed E-state index contributed by atoms with van der Waals surface area (Å²) >= 11 is 3.20. The van der Waals surface area contributed by atoms with E-state index in [1.54, 1.807) is 12.2 Å². The molecule has 1 amide bonds. The van der Waals surface area contributed by atoms with Crippen molar-refractivity contribution in [1.82, 2.24) is 5.32 Å². The van der Waals surface area contributed by atoms with Crippen LogP contribution in [0.2, 0.25) is 0 Å². The highest BCUT2D eigenvalue weighted by Gasteiger charge is 2.49. The van der Waals surface area contributed by atoms with Crippen molar-refractivity contribution in [3.63, 3.8) is 0 Å². The van der Waals surface area contributed by atoms with Gasteiger partial charge in [-0.1, -0.05) is 40.2 Å². The number of hydrogen-bond acceptors (Lipinski definition) is 1. The molecule has 0 fully saturated rings. The van der Waals surface area contributed by atoms with E-state index in [1.165, 1.54) is 24.3 Å². The standard InChI is InChI=1S/C20H15BrF5NO/c21-8-2-1-7-19(18(28)27-11-20(24,25)26)16-9-12(22)3-5-14(16)15-6-4-13(23)10-17(15)19/h1-6,9-10H,7-8,11H2,(H,27,28). The van der Waals surface area contributed by atoms with E-state index in [1.807, 2.05) is 5.32 Å². The van der Waals surface area contributed by atoms with Gasteiger partial charge in [0, 0.05) is 5.33 Å². The van der Waals surface area contributed by atoms with Crippen LogP contribution in [0, 0.1) is 11.6 Å². The first-order chi connectivity index (χ1) is 13.2. The van der Waals surface area contributed by atoms with E-state index in [0.29, 0.717) is 16.5 Å². The van der Waals surface area contributed by atoms with Gasteiger partial charge in [-0.2, -0.15) is 13.2 Å². The quantitative estimate of drug-likeness (QED) is 0.369. The van der Waals surface area contributed by atoms with Gasteiger partial charge in [-0.05, 0) is 52.9 Å². The van der Waals surface area contributed by atoms with E-state index in [2.05, 4.69) is 15.9 Å². The van der Waals surface area contributed by atoms with Crippen molar-refractivity contribution in [3.8, 4) is 11.1 Å². The summed E-state index contributed by atoms with van der Waals surface area (Å²) < 4.78 is 66.1. The average Bonchev–Trinajstić information content (AvgIpc) is 2.89. The topological polar surface area (TPSA) is 29.1 Å². The van der Waals surface area contributed by atoms with Crippen LogP contribution in [-0.2, 0) is 10.2 Å². The summed E-state index contributed by atoms with van der Waals surface area (Å²) in [5.41, 5.74) is -0.255. The zero-order chi connectivity index (χ0) is 20.5. The van der Waals surface area contributed by atoms with Crippen LogP contribution in [0.1, 0.15) is 17.5 Å². The van der Waals surface area contributed by atoms with Crippen molar-refractivity contribution in [3.05, 3.63) is 71.3 Å². The van der Waals surface area contributed by atoms with Crippen LogP contribution in [0.25, 0.3) is 11.1 Å². The normalized spacial score (nSPS) is 14.8. The van der Waals surface area contributed by atoms with Crippen LogP contribution in [-0.4, -0.2) is 24.0 Å². The molecule has 1 aliphatic carbocycles. The van der Waals surface area contributed by atoms with Gasteiger partial charge in [-0.25, -0.2) is 8.78 Å². The molecule has 0 aliphatic heterocycles. The van der Waals surface area contributed by atoms with E-state index in [0.717, 1.165) is 12.1 Å². The molecule has 2 nitrogen and oxygen atoms in total. The second-order valence-corrected chi connectivity index (χ2v) is 7.06. The summed E-state index contributed by atoms with van der Waals surface area (Å²) in [6.07, 6.45) is -1.38. The second-order valence-electron chi connectivity index (χ2n) is 6.41. The number of fused-ring (bicyclic) bond motifs is 3. The third-order valence-corrected chi connectivity index (χ3v) is 5.06. The van der Waals surface area contributed by atoms with Crippen LogP contribution in [0.3, 0.4) is 0 Å². The number of benzene rings is 2. The summed E-state index contributed by atoms with van der Waals surface area (Å²) in [5.74, 6) is -2.23. The Balaban J connectivity index is 2.22. The van der Waals surface area contributed by atoms with E-state index >= 15 is 0 Å². The van der Waals surface area contributed by atoms with Gasteiger partial charge in [0.15, 0.2) is 0 Å². The molecule has 0 bridgehead atoms. The number of alkyl halides is 4. The lowest BCUT2D eigenvalue weighted by Crippen LogP contribution is -2.47. The van der Waals surface area contributed by atoms with Crippen molar-refractivity contribution in [2.24, 2.45) is 0 Å². The third kappa shape index (κ3) is 3.70. The molecule has 0 saturated heterocycles. The lowest BCUT2D eigenvalue weighted by Gasteiger charge is -2.30. The fraction of sp³-hybridized carbons (Fsp3) is 0.250. The molecule has 28 heavy (non-hydrogen) atoms. The fourth-order valence-corrected chi connectivity index (χ4v) is 3.83. The number of rotatable bonds is 5. The van der Waals surface area contributed by atoms with Crippen LogP contribution in [0.5, 0.6) is 0 Å². The summed E-state index contributed by atoms with van der Waals surface area (Å²) in [7, 11) is 0. The van der Waals surface area contributed by atoms with Gasteiger partial charge in [0.2, 0.25) is 5.91 Å². The molecule has 3 rings (SSSR count). The Labute approximate surface area is 166 Å². The SMILES string of the molecule is O=C(NCC(F)(F)F)C1(CC=CCBr)c2cc(F)ccc2-c2ccc(F)cc21. The van der Waals surface area contributed by atoms with Crippen molar-refractivity contribution in [2.45, 2.75) is 18.0 Å². The van der Waals surface area contributed by atoms with Crippen LogP contribution in [0.4, 0.5) is 22.0 Å². The van der Waals surface area contributed by atoms with E-state index < -0.39 is 35.7 Å². The number of carbonyl (C=O) groups is 1. The molecule has 0 radical (unpaired) electrons. The monoisotopic (exact) mass is 459 g/mol. The van der Waals surface area contributed by atoms with E-state index in [-0.39, 0.29) is 17.5 Å². The minimum Gasteiger partial charge on any atom is -0.346 e. The molecule has 0 unspecified atom stereocenters. The molecule has 8 heteroatoms. The highest BCUT2D eigenvalue weighted by Crippen LogP contribution is 2.51. The summed E-state index contributed by atoms with van der Waals surface area (Å²) in [5, 5.41) is 2.36. The lowest BCUT2D eigenvalue weighted by atomic mass is 9.74. The maximum absolute atomic E-state index is 14.0. The van der Waals surface area contributed by atoms with Gasteiger partial charge < -0.3 is 5.32 Å². The smallest absolute Gasteiger partial charge is 0.346 e. The maximum Gasteiger partial charge on any atom is 0.405 e. The zero-order valence-corrected chi connectivity index (χ0v) is 16.0. The Hall–Kier alpha value is -2.22. The molecule has 148 valence electrons. The Morgan fingerprint density at radius 3 is 2.00 bits per heavy atom. The van der Waals surface area contributed by atoms with Crippen molar-refractivity contribution >= 4 is 21.8 Å². The van der Waals surface area contributed by atoms with E-state index in [4.69, 9.17) is 0 Å². The Kier molecular flexibility index (Phi) is 5.61. The highest BCUT2D eigenvalue weighted by molar-refractivity contribution is 9.09. The van der Waals surface area contributed by atoms with Gasteiger partial charge >= 0.3 is 6.18 Å². The van der Waals surface area contributed by atoms with E-state index in [9.17, 15) is 26.7 Å².